The predicted octanol–water partition coefficient (Wildman–Crippen LogP) is 6.48. The van der Waals surface area contributed by atoms with Crippen molar-refractivity contribution in [2.75, 3.05) is 11.9 Å². The first-order valence-electron chi connectivity index (χ1n) is 10.5. The molecule has 0 saturated heterocycles. The minimum absolute atomic E-state index is 0.00838. The van der Waals surface area contributed by atoms with Gasteiger partial charge in [-0.25, -0.2) is 0 Å². The van der Waals surface area contributed by atoms with Crippen molar-refractivity contribution >= 4 is 29.3 Å². The molecule has 0 fully saturated rings. The third-order valence-corrected chi connectivity index (χ3v) is 5.31. The van der Waals surface area contributed by atoms with Crippen LogP contribution >= 0.6 is 11.6 Å². The highest BCUT2D eigenvalue weighted by molar-refractivity contribution is 6.30. The molecule has 0 spiro atoms. The maximum atomic E-state index is 12.7. The third-order valence-electron chi connectivity index (χ3n) is 5.08. The SMILES string of the molecule is CCOc1cc(/C=C(\C#N)C(=O)Nc2cccc(C)c2C)ccc1OCc1cccc(Cl)c1. The molecule has 3 aromatic carbocycles. The van der Waals surface area contributed by atoms with E-state index in [-0.39, 0.29) is 5.57 Å². The number of nitriles is 1. The van der Waals surface area contributed by atoms with Crippen molar-refractivity contribution < 1.29 is 14.3 Å². The summed E-state index contributed by atoms with van der Waals surface area (Å²) in [5, 5.41) is 13.0. The number of hydrogen-bond donors (Lipinski definition) is 1. The quantitative estimate of drug-likeness (QED) is 0.308. The van der Waals surface area contributed by atoms with Gasteiger partial charge in [-0.2, -0.15) is 5.26 Å². The number of carbonyl (C=O) groups is 1. The lowest BCUT2D eigenvalue weighted by Crippen LogP contribution is -2.14. The number of hydrogen-bond acceptors (Lipinski definition) is 4. The molecule has 33 heavy (non-hydrogen) atoms. The average molecular weight is 461 g/mol. The molecule has 0 aliphatic rings. The second kappa shape index (κ2) is 11.2. The van der Waals surface area contributed by atoms with Crippen LogP contribution < -0.4 is 14.8 Å². The van der Waals surface area contributed by atoms with Crippen LogP contribution in [0.15, 0.2) is 66.2 Å². The van der Waals surface area contributed by atoms with Crippen molar-refractivity contribution in [3.05, 3.63) is 93.5 Å². The number of nitrogens with zero attached hydrogens (tertiary/aromatic N) is 1. The molecular weight excluding hydrogens is 436 g/mol. The largest absolute Gasteiger partial charge is 0.490 e. The number of amides is 1. The Morgan fingerprint density at radius 2 is 1.85 bits per heavy atom. The van der Waals surface area contributed by atoms with Crippen molar-refractivity contribution in [2.45, 2.75) is 27.4 Å². The molecule has 168 valence electrons. The lowest BCUT2D eigenvalue weighted by molar-refractivity contribution is -0.112. The van der Waals surface area contributed by atoms with Gasteiger partial charge in [-0.15, -0.1) is 0 Å². The lowest BCUT2D eigenvalue weighted by Gasteiger charge is -2.13. The van der Waals surface area contributed by atoms with Gasteiger partial charge in [0.1, 0.15) is 18.2 Å². The number of halogens is 1. The van der Waals surface area contributed by atoms with Crippen molar-refractivity contribution in [1.29, 1.82) is 5.26 Å². The first-order chi connectivity index (χ1) is 15.9. The minimum atomic E-state index is -0.467. The summed E-state index contributed by atoms with van der Waals surface area (Å²) in [6.07, 6.45) is 1.53. The standard InChI is InChI=1S/C27H25ClN2O3/c1-4-32-26-15-20(11-12-25(26)33-17-21-8-6-9-23(28)14-21)13-22(16-29)27(31)30-24-10-5-7-18(2)19(24)3/h5-15H,4,17H2,1-3H3,(H,30,31)/b22-13+. The fourth-order valence-corrected chi connectivity index (χ4v) is 3.39. The number of benzene rings is 3. The van der Waals surface area contributed by atoms with Gasteiger partial charge < -0.3 is 14.8 Å². The molecule has 0 bridgehead atoms. The molecule has 0 saturated carbocycles. The maximum Gasteiger partial charge on any atom is 0.266 e. The normalized spacial score (nSPS) is 10.9. The average Bonchev–Trinajstić information content (AvgIpc) is 2.80. The summed E-state index contributed by atoms with van der Waals surface area (Å²) in [6, 6.07) is 20.4. The molecule has 0 heterocycles. The Kier molecular flexibility index (Phi) is 8.12. The molecule has 0 atom stereocenters. The maximum absolute atomic E-state index is 12.7. The Balaban J connectivity index is 1.80. The van der Waals surface area contributed by atoms with Crippen LogP contribution in [0.25, 0.3) is 6.08 Å². The van der Waals surface area contributed by atoms with Crippen LogP contribution in [0.1, 0.15) is 29.2 Å². The fraction of sp³-hybridized carbons (Fsp3) is 0.185. The highest BCUT2D eigenvalue weighted by Gasteiger charge is 2.13. The molecule has 3 aromatic rings. The van der Waals surface area contributed by atoms with E-state index in [1.165, 1.54) is 6.08 Å². The highest BCUT2D eigenvalue weighted by atomic mass is 35.5. The third kappa shape index (κ3) is 6.38. The molecule has 1 amide bonds. The number of nitrogens with one attached hydrogen (secondary N) is 1. The van der Waals surface area contributed by atoms with Crippen LogP contribution in [0.3, 0.4) is 0 Å². The molecule has 0 unspecified atom stereocenters. The number of rotatable bonds is 8. The molecule has 5 nitrogen and oxygen atoms in total. The number of aryl methyl sites for hydroxylation is 1. The van der Waals surface area contributed by atoms with E-state index in [1.807, 2.05) is 63.2 Å². The summed E-state index contributed by atoms with van der Waals surface area (Å²) in [6.45, 7) is 6.55. The molecule has 0 aromatic heterocycles. The highest BCUT2D eigenvalue weighted by Crippen LogP contribution is 2.30. The predicted molar refractivity (Wildman–Crippen MR) is 132 cm³/mol. The number of anilines is 1. The van der Waals surface area contributed by atoms with E-state index >= 15 is 0 Å². The second-order valence-corrected chi connectivity index (χ2v) is 7.87. The molecule has 1 N–H and O–H groups in total. The van der Waals surface area contributed by atoms with Gasteiger partial charge >= 0.3 is 0 Å². The lowest BCUT2D eigenvalue weighted by atomic mass is 10.1. The Morgan fingerprint density at radius 1 is 1.06 bits per heavy atom. The Labute approximate surface area is 199 Å². The monoisotopic (exact) mass is 460 g/mol. The zero-order chi connectivity index (χ0) is 23.8. The van der Waals surface area contributed by atoms with Crippen LogP contribution in [-0.2, 0) is 11.4 Å². The van der Waals surface area contributed by atoms with Gasteiger partial charge in [0, 0.05) is 10.7 Å². The topological polar surface area (TPSA) is 71.3 Å². The summed E-state index contributed by atoms with van der Waals surface area (Å²) >= 11 is 6.04. The van der Waals surface area contributed by atoms with Crippen molar-refractivity contribution in [3.8, 4) is 17.6 Å². The second-order valence-electron chi connectivity index (χ2n) is 7.43. The smallest absolute Gasteiger partial charge is 0.266 e. The molecule has 0 aliphatic heterocycles. The summed E-state index contributed by atoms with van der Waals surface area (Å²) in [4.78, 5) is 12.7. The van der Waals surface area contributed by atoms with E-state index in [9.17, 15) is 10.1 Å². The molecular formula is C27H25ClN2O3. The first-order valence-corrected chi connectivity index (χ1v) is 10.9. The Hall–Kier alpha value is -3.75. The van der Waals surface area contributed by atoms with Crippen LogP contribution in [-0.4, -0.2) is 12.5 Å². The molecule has 3 rings (SSSR count). The van der Waals surface area contributed by atoms with E-state index in [1.54, 1.807) is 24.3 Å². The minimum Gasteiger partial charge on any atom is -0.490 e. The Morgan fingerprint density at radius 3 is 2.58 bits per heavy atom. The van der Waals surface area contributed by atoms with E-state index < -0.39 is 5.91 Å². The molecule has 0 radical (unpaired) electrons. The van der Waals surface area contributed by atoms with Gasteiger partial charge in [0.2, 0.25) is 0 Å². The van der Waals surface area contributed by atoms with Gasteiger partial charge in [-0.3, -0.25) is 4.79 Å². The van der Waals surface area contributed by atoms with E-state index in [0.717, 1.165) is 16.7 Å². The summed E-state index contributed by atoms with van der Waals surface area (Å²) in [7, 11) is 0. The van der Waals surface area contributed by atoms with Crippen LogP contribution in [0.2, 0.25) is 5.02 Å². The van der Waals surface area contributed by atoms with Crippen molar-refractivity contribution in [2.24, 2.45) is 0 Å². The summed E-state index contributed by atoms with van der Waals surface area (Å²) < 4.78 is 11.6. The van der Waals surface area contributed by atoms with E-state index in [4.69, 9.17) is 21.1 Å². The van der Waals surface area contributed by atoms with Gasteiger partial charge in [0.05, 0.1) is 6.61 Å². The molecule has 0 aliphatic carbocycles. The van der Waals surface area contributed by atoms with Crippen LogP contribution in [0.4, 0.5) is 5.69 Å². The zero-order valence-electron chi connectivity index (χ0n) is 18.8. The van der Waals surface area contributed by atoms with Gasteiger partial charge in [0.25, 0.3) is 5.91 Å². The van der Waals surface area contributed by atoms with Crippen LogP contribution in [0.5, 0.6) is 11.5 Å². The van der Waals surface area contributed by atoms with Gasteiger partial charge in [0.15, 0.2) is 11.5 Å². The van der Waals surface area contributed by atoms with Gasteiger partial charge in [-0.1, -0.05) is 41.9 Å². The number of ether oxygens (including phenoxy) is 2. The first kappa shape index (κ1) is 23.9. The van der Waals surface area contributed by atoms with E-state index in [2.05, 4.69) is 5.32 Å². The summed E-state index contributed by atoms with van der Waals surface area (Å²) in [5.41, 5.74) is 4.28. The molecule has 6 heteroatoms. The summed E-state index contributed by atoms with van der Waals surface area (Å²) in [5.74, 6) is 0.623. The zero-order valence-corrected chi connectivity index (χ0v) is 19.6. The van der Waals surface area contributed by atoms with E-state index in [0.29, 0.717) is 41.0 Å². The Bertz CT molecular complexity index is 1230. The fourth-order valence-electron chi connectivity index (χ4n) is 3.18. The van der Waals surface area contributed by atoms with Gasteiger partial charge in [-0.05, 0) is 79.4 Å². The van der Waals surface area contributed by atoms with Crippen molar-refractivity contribution in [1.82, 2.24) is 0 Å². The number of carbonyl (C=O) groups excluding carboxylic acids is 1. The van der Waals surface area contributed by atoms with Crippen molar-refractivity contribution in [3.63, 3.8) is 0 Å². The van der Waals surface area contributed by atoms with Crippen LogP contribution in [0, 0.1) is 25.2 Å².